The number of hydrogen-bond acceptors (Lipinski definition) is 4. The number of hydrogen-bond donors (Lipinski definition) is 1. The first kappa shape index (κ1) is 18.8. The van der Waals surface area contributed by atoms with Crippen LogP contribution in [0.1, 0.15) is 65.1 Å². The average Bonchev–Trinajstić information content (AvgIpc) is 3.21. The van der Waals surface area contributed by atoms with Crippen LogP contribution in [0.4, 0.5) is 5.82 Å². The Labute approximate surface area is 156 Å². The van der Waals surface area contributed by atoms with Gasteiger partial charge in [0.05, 0.1) is 0 Å². The summed E-state index contributed by atoms with van der Waals surface area (Å²) in [6.45, 7) is 8.57. The second-order valence-corrected chi connectivity index (χ2v) is 9.02. The minimum Gasteiger partial charge on any atom is -0.355 e. The van der Waals surface area contributed by atoms with Gasteiger partial charge in [-0.1, -0.05) is 33.6 Å². The highest BCUT2D eigenvalue weighted by molar-refractivity contribution is 5.89. The summed E-state index contributed by atoms with van der Waals surface area (Å²) in [5.41, 5.74) is -0.254. The van der Waals surface area contributed by atoms with Crippen molar-refractivity contribution >= 4 is 11.7 Å². The molecule has 0 radical (unpaired) electrons. The minimum absolute atomic E-state index is 0.214. The molecule has 6 heteroatoms. The zero-order valence-electron chi connectivity index (χ0n) is 16.5. The van der Waals surface area contributed by atoms with Crippen molar-refractivity contribution in [3.63, 3.8) is 0 Å². The van der Waals surface area contributed by atoms with Crippen LogP contribution in [-0.4, -0.2) is 39.0 Å². The standard InChI is InChI=1S/C20H31N5O/c1-19(2,3)15-7-11-25(12-8-15)18(26)20(9-5-6-10-20)23-16-14-24(4)17(13-21)22-16/h14-15,23H,5-12H2,1-4H3. The fourth-order valence-corrected chi connectivity index (χ4v) is 4.50. The molecule has 0 aromatic carbocycles. The predicted molar refractivity (Wildman–Crippen MR) is 102 cm³/mol. The molecule has 2 fully saturated rings. The number of amides is 1. The van der Waals surface area contributed by atoms with Crippen LogP contribution in [0.15, 0.2) is 6.20 Å². The van der Waals surface area contributed by atoms with Crippen LogP contribution in [-0.2, 0) is 11.8 Å². The summed E-state index contributed by atoms with van der Waals surface area (Å²) in [7, 11) is 1.80. The molecule has 1 N–H and O–H groups in total. The summed E-state index contributed by atoms with van der Waals surface area (Å²) in [4.78, 5) is 19.8. The Morgan fingerprint density at radius 3 is 2.42 bits per heavy atom. The summed E-state index contributed by atoms with van der Waals surface area (Å²) in [6.07, 6.45) is 7.73. The number of anilines is 1. The van der Waals surface area contributed by atoms with Crippen molar-refractivity contribution in [2.75, 3.05) is 18.4 Å². The Morgan fingerprint density at radius 2 is 1.92 bits per heavy atom. The van der Waals surface area contributed by atoms with Crippen LogP contribution >= 0.6 is 0 Å². The molecular weight excluding hydrogens is 326 g/mol. The smallest absolute Gasteiger partial charge is 0.248 e. The molecule has 0 unspecified atom stereocenters. The van der Waals surface area contributed by atoms with E-state index in [2.05, 4.69) is 42.0 Å². The fourth-order valence-electron chi connectivity index (χ4n) is 4.50. The molecule has 1 aliphatic carbocycles. The van der Waals surface area contributed by atoms with Gasteiger partial charge < -0.3 is 14.8 Å². The first-order valence-electron chi connectivity index (χ1n) is 9.76. The topological polar surface area (TPSA) is 74.0 Å². The van der Waals surface area contributed by atoms with Gasteiger partial charge >= 0.3 is 0 Å². The maximum absolute atomic E-state index is 13.4. The number of carbonyl (C=O) groups is 1. The third kappa shape index (κ3) is 3.58. The van der Waals surface area contributed by atoms with Gasteiger partial charge in [0.15, 0.2) is 0 Å². The summed E-state index contributed by atoms with van der Waals surface area (Å²) >= 11 is 0. The zero-order valence-corrected chi connectivity index (χ0v) is 16.5. The van der Waals surface area contributed by atoms with Gasteiger partial charge in [0.25, 0.3) is 0 Å². The monoisotopic (exact) mass is 357 g/mol. The van der Waals surface area contributed by atoms with Gasteiger partial charge in [-0.25, -0.2) is 4.98 Å². The maximum Gasteiger partial charge on any atom is 0.248 e. The summed E-state index contributed by atoms with van der Waals surface area (Å²) in [5, 5.41) is 12.5. The molecule has 2 heterocycles. The van der Waals surface area contributed by atoms with Crippen LogP contribution in [0.25, 0.3) is 0 Å². The van der Waals surface area contributed by atoms with Crippen LogP contribution in [0.3, 0.4) is 0 Å². The van der Waals surface area contributed by atoms with Gasteiger partial charge in [-0.15, -0.1) is 0 Å². The van der Waals surface area contributed by atoms with Crippen molar-refractivity contribution in [2.24, 2.45) is 18.4 Å². The number of likely N-dealkylation sites (tertiary alicyclic amines) is 1. The van der Waals surface area contributed by atoms with Gasteiger partial charge in [0.2, 0.25) is 11.7 Å². The van der Waals surface area contributed by atoms with Crippen molar-refractivity contribution in [3.05, 3.63) is 12.0 Å². The largest absolute Gasteiger partial charge is 0.355 e. The lowest BCUT2D eigenvalue weighted by Gasteiger charge is -2.42. The number of rotatable bonds is 3. The molecule has 1 aromatic rings. The van der Waals surface area contributed by atoms with Gasteiger partial charge in [-0.2, -0.15) is 5.26 Å². The van der Waals surface area contributed by atoms with E-state index in [-0.39, 0.29) is 5.91 Å². The highest BCUT2D eigenvalue weighted by Gasteiger charge is 2.45. The van der Waals surface area contributed by atoms with E-state index in [1.807, 2.05) is 0 Å². The molecule has 2 aliphatic rings. The molecule has 0 bridgehead atoms. The van der Waals surface area contributed by atoms with Gasteiger partial charge in [0.1, 0.15) is 17.4 Å². The average molecular weight is 358 g/mol. The van der Waals surface area contributed by atoms with E-state index in [4.69, 9.17) is 5.26 Å². The third-order valence-corrected chi connectivity index (χ3v) is 6.22. The molecule has 0 atom stereocenters. The molecule has 1 saturated heterocycles. The van der Waals surface area contributed by atoms with Crippen molar-refractivity contribution < 1.29 is 4.79 Å². The molecule has 1 aliphatic heterocycles. The van der Waals surface area contributed by atoms with Crippen molar-refractivity contribution in [3.8, 4) is 6.07 Å². The Kier molecular flexibility index (Phi) is 5.01. The lowest BCUT2D eigenvalue weighted by atomic mass is 9.75. The number of nitrogens with one attached hydrogen (secondary N) is 1. The van der Waals surface area contributed by atoms with E-state index in [9.17, 15) is 4.79 Å². The third-order valence-electron chi connectivity index (χ3n) is 6.22. The first-order chi connectivity index (χ1) is 12.2. The second kappa shape index (κ2) is 6.94. The normalized spacial score (nSPS) is 20.8. The lowest BCUT2D eigenvalue weighted by Crippen LogP contribution is -2.54. The van der Waals surface area contributed by atoms with Crippen molar-refractivity contribution in [2.45, 2.75) is 64.8 Å². The van der Waals surface area contributed by atoms with Crippen LogP contribution < -0.4 is 5.32 Å². The first-order valence-corrected chi connectivity index (χ1v) is 9.76. The van der Waals surface area contributed by atoms with Crippen LogP contribution in [0.2, 0.25) is 0 Å². The van der Waals surface area contributed by atoms with Gasteiger partial charge in [-0.05, 0) is 37.0 Å². The lowest BCUT2D eigenvalue weighted by molar-refractivity contribution is -0.137. The Bertz CT molecular complexity index is 695. The maximum atomic E-state index is 13.4. The Morgan fingerprint density at radius 1 is 1.31 bits per heavy atom. The molecule has 6 nitrogen and oxygen atoms in total. The Balaban J connectivity index is 1.73. The van der Waals surface area contributed by atoms with Gasteiger partial charge in [-0.3, -0.25) is 4.79 Å². The molecular formula is C20H31N5O. The highest BCUT2D eigenvalue weighted by Crippen LogP contribution is 2.38. The molecule has 1 saturated carbocycles. The summed E-state index contributed by atoms with van der Waals surface area (Å²) < 4.78 is 1.70. The number of imidazole rings is 1. The van der Waals surface area contributed by atoms with Crippen LogP contribution in [0.5, 0.6) is 0 Å². The molecule has 26 heavy (non-hydrogen) atoms. The quantitative estimate of drug-likeness (QED) is 0.901. The molecule has 1 aromatic heterocycles. The number of piperidine rings is 1. The summed E-state index contributed by atoms with van der Waals surface area (Å²) in [5.74, 6) is 1.88. The number of nitrogens with zero attached hydrogens (tertiary/aromatic N) is 4. The molecule has 1 amide bonds. The predicted octanol–water partition coefficient (Wildman–Crippen LogP) is 3.30. The van der Waals surface area contributed by atoms with E-state index in [1.165, 1.54) is 0 Å². The van der Waals surface area contributed by atoms with E-state index >= 15 is 0 Å². The molecule has 3 rings (SSSR count). The molecule has 142 valence electrons. The number of aryl methyl sites for hydroxylation is 1. The van der Waals surface area contributed by atoms with Gasteiger partial charge in [0, 0.05) is 26.3 Å². The van der Waals surface area contributed by atoms with E-state index in [1.54, 1.807) is 17.8 Å². The fraction of sp³-hybridized carbons (Fsp3) is 0.750. The van der Waals surface area contributed by atoms with Crippen molar-refractivity contribution in [1.82, 2.24) is 14.5 Å². The highest BCUT2D eigenvalue weighted by atomic mass is 16.2. The van der Waals surface area contributed by atoms with E-state index < -0.39 is 5.54 Å². The molecule has 0 spiro atoms. The van der Waals surface area contributed by atoms with Crippen LogP contribution in [0, 0.1) is 22.7 Å². The number of nitriles is 1. The van der Waals surface area contributed by atoms with Crippen molar-refractivity contribution in [1.29, 1.82) is 5.26 Å². The van der Waals surface area contributed by atoms with E-state index in [0.717, 1.165) is 51.6 Å². The second-order valence-electron chi connectivity index (χ2n) is 9.02. The SMILES string of the molecule is Cn1cc(NC2(C(=O)N3CCC(C(C)(C)C)CC3)CCCC2)nc1C#N. The van der Waals surface area contributed by atoms with E-state index in [0.29, 0.717) is 23.0 Å². The number of aromatic nitrogens is 2. The summed E-state index contributed by atoms with van der Waals surface area (Å²) in [6, 6.07) is 2.08. The number of carbonyl (C=O) groups excluding carboxylic acids is 1. The Hall–Kier alpha value is -2.03. The zero-order chi connectivity index (χ0) is 18.9. The minimum atomic E-state index is -0.560.